The molecule has 0 atom stereocenters. The van der Waals surface area contributed by atoms with Crippen molar-refractivity contribution in [1.82, 2.24) is 14.6 Å². The number of nitrogens with zero attached hydrogens (tertiary/aromatic N) is 3. The maximum absolute atomic E-state index is 12.7. The summed E-state index contributed by atoms with van der Waals surface area (Å²) < 4.78 is 12.2. The van der Waals surface area contributed by atoms with E-state index in [1.165, 1.54) is 15.9 Å². The minimum Gasteiger partial charge on any atom is -0.493 e. The third-order valence-electron chi connectivity index (χ3n) is 4.09. The number of hydrogen-bond acceptors (Lipinski definition) is 8. The van der Waals surface area contributed by atoms with E-state index in [9.17, 15) is 9.59 Å². The maximum atomic E-state index is 12.7. The topological polar surface area (TPSA) is 82.8 Å². The van der Waals surface area contributed by atoms with Crippen LogP contribution in [0, 0.1) is 0 Å². The number of rotatable bonds is 5. The van der Waals surface area contributed by atoms with E-state index in [1.807, 2.05) is 23.6 Å². The van der Waals surface area contributed by atoms with E-state index in [0.29, 0.717) is 16.0 Å². The average Bonchev–Trinajstić information content (AvgIpc) is 3.31. The van der Waals surface area contributed by atoms with Crippen LogP contribution in [0.2, 0.25) is 0 Å². The Bertz CT molecular complexity index is 1310. The summed E-state index contributed by atoms with van der Waals surface area (Å²) in [4.78, 5) is 30.4. The van der Waals surface area contributed by atoms with Gasteiger partial charge < -0.3 is 9.47 Å². The molecule has 0 radical (unpaired) electrons. The summed E-state index contributed by atoms with van der Waals surface area (Å²) >= 11 is 2.68. The van der Waals surface area contributed by atoms with Gasteiger partial charge in [0.25, 0.3) is 11.1 Å². The smallest absolute Gasteiger partial charge is 0.296 e. The number of benzene rings is 1. The SMILES string of the molecule is COc1ccc(Cc2nn3c(=O)c(=Cc4cccs4)sc3nc2=O)cc1OC. The summed E-state index contributed by atoms with van der Waals surface area (Å²) in [5.41, 5.74) is 0.271. The highest BCUT2D eigenvalue weighted by Crippen LogP contribution is 2.28. The van der Waals surface area contributed by atoms with Gasteiger partial charge in [-0.2, -0.15) is 14.6 Å². The molecule has 1 aromatic carbocycles. The Balaban J connectivity index is 1.77. The van der Waals surface area contributed by atoms with Crippen molar-refractivity contribution in [2.75, 3.05) is 14.2 Å². The van der Waals surface area contributed by atoms with Crippen molar-refractivity contribution < 1.29 is 9.47 Å². The van der Waals surface area contributed by atoms with Crippen LogP contribution in [0.1, 0.15) is 16.1 Å². The van der Waals surface area contributed by atoms with Crippen molar-refractivity contribution in [1.29, 1.82) is 0 Å². The lowest BCUT2D eigenvalue weighted by Crippen LogP contribution is -2.28. The van der Waals surface area contributed by atoms with Gasteiger partial charge >= 0.3 is 0 Å². The fraction of sp³-hybridized carbons (Fsp3) is 0.158. The van der Waals surface area contributed by atoms with Crippen LogP contribution in [0.15, 0.2) is 45.3 Å². The summed E-state index contributed by atoms with van der Waals surface area (Å²) in [5.74, 6) is 1.15. The molecule has 0 saturated carbocycles. The minimum atomic E-state index is -0.446. The van der Waals surface area contributed by atoms with E-state index in [-0.39, 0.29) is 22.6 Å². The van der Waals surface area contributed by atoms with Crippen LogP contribution in [0.4, 0.5) is 0 Å². The second-order valence-electron chi connectivity index (χ2n) is 5.86. The molecule has 0 aliphatic rings. The van der Waals surface area contributed by atoms with Crippen LogP contribution in [0.5, 0.6) is 11.5 Å². The van der Waals surface area contributed by atoms with Gasteiger partial charge in [-0.1, -0.05) is 23.5 Å². The molecule has 0 aliphatic carbocycles. The lowest BCUT2D eigenvalue weighted by Gasteiger charge is -2.09. The van der Waals surface area contributed by atoms with Gasteiger partial charge in [0.15, 0.2) is 11.5 Å². The van der Waals surface area contributed by atoms with E-state index >= 15 is 0 Å². The number of thiazole rings is 1. The van der Waals surface area contributed by atoms with Crippen molar-refractivity contribution in [2.45, 2.75) is 6.42 Å². The largest absolute Gasteiger partial charge is 0.493 e. The highest BCUT2D eigenvalue weighted by atomic mass is 32.1. The van der Waals surface area contributed by atoms with Crippen LogP contribution < -0.4 is 25.1 Å². The summed E-state index contributed by atoms with van der Waals surface area (Å²) in [7, 11) is 3.10. The molecule has 3 aromatic heterocycles. The van der Waals surface area contributed by atoms with Crippen molar-refractivity contribution in [3.05, 3.63) is 77.1 Å². The van der Waals surface area contributed by atoms with Gasteiger partial charge in [0.1, 0.15) is 5.69 Å². The van der Waals surface area contributed by atoms with E-state index < -0.39 is 5.56 Å². The third kappa shape index (κ3) is 3.41. The van der Waals surface area contributed by atoms with Gasteiger partial charge in [-0.05, 0) is 35.2 Å². The first-order chi connectivity index (χ1) is 13.6. The number of aromatic nitrogens is 3. The molecule has 3 heterocycles. The number of fused-ring (bicyclic) bond motifs is 1. The predicted molar refractivity (Wildman–Crippen MR) is 109 cm³/mol. The van der Waals surface area contributed by atoms with E-state index in [1.54, 1.807) is 32.4 Å². The third-order valence-corrected chi connectivity index (χ3v) is 5.86. The molecule has 0 amide bonds. The van der Waals surface area contributed by atoms with Gasteiger partial charge in [-0.3, -0.25) is 9.59 Å². The highest BCUT2D eigenvalue weighted by Gasteiger charge is 2.13. The Morgan fingerprint density at radius 2 is 1.96 bits per heavy atom. The van der Waals surface area contributed by atoms with Gasteiger partial charge in [0.05, 0.1) is 18.8 Å². The second kappa shape index (κ2) is 7.53. The molecule has 0 fully saturated rings. The Morgan fingerprint density at radius 1 is 1.14 bits per heavy atom. The molecule has 0 spiro atoms. The molecular weight excluding hydrogens is 398 g/mol. The summed E-state index contributed by atoms with van der Waals surface area (Å²) in [6, 6.07) is 9.18. The maximum Gasteiger partial charge on any atom is 0.296 e. The zero-order chi connectivity index (χ0) is 19.7. The molecule has 0 bridgehead atoms. The Labute approximate surface area is 167 Å². The zero-order valence-electron chi connectivity index (χ0n) is 15.0. The number of methoxy groups -OCH3 is 2. The highest BCUT2D eigenvalue weighted by molar-refractivity contribution is 7.15. The Morgan fingerprint density at radius 3 is 2.68 bits per heavy atom. The van der Waals surface area contributed by atoms with Crippen LogP contribution >= 0.6 is 22.7 Å². The second-order valence-corrected chi connectivity index (χ2v) is 7.84. The monoisotopic (exact) mass is 413 g/mol. The Kier molecular flexibility index (Phi) is 4.93. The first-order valence-corrected chi connectivity index (χ1v) is 9.97. The molecule has 4 rings (SSSR count). The number of ether oxygens (including phenoxy) is 2. The molecular formula is C19H15N3O4S2. The molecule has 0 aliphatic heterocycles. The fourth-order valence-corrected chi connectivity index (χ4v) is 4.37. The van der Waals surface area contributed by atoms with Crippen molar-refractivity contribution in [3.63, 3.8) is 0 Å². The normalized spacial score (nSPS) is 11.9. The van der Waals surface area contributed by atoms with Crippen LogP contribution in [0.3, 0.4) is 0 Å². The fourth-order valence-electron chi connectivity index (χ4n) is 2.74. The van der Waals surface area contributed by atoms with Gasteiger partial charge in [-0.25, -0.2) is 0 Å². The molecule has 0 N–H and O–H groups in total. The molecule has 7 nitrogen and oxygen atoms in total. The predicted octanol–water partition coefficient (Wildman–Crippen LogP) is 1.73. The lowest BCUT2D eigenvalue weighted by atomic mass is 10.1. The van der Waals surface area contributed by atoms with E-state index in [0.717, 1.165) is 21.8 Å². The summed E-state index contributed by atoms with van der Waals surface area (Å²) in [6.45, 7) is 0. The molecule has 0 saturated heterocycles. The molecule has 0 unspecified atom stereocenters. The number of thiophene rings is 1. The van der Waals surface area contributed by atoms with E-state index in [4.69, 9.17) is 9.47 Å². The van der Waals surface area contributed by atoms with Crippen molar-refractivity contribution >= 4 is 33.7 Å². The van der Waals surface area contributed by atoms with Crippen LogP contribution in [0.25, 0.3) is 11.0 Å². The lowest BCUT2D eigenvalue weighted by molar-refractivity contribution is 0.354. The molecule has 9 heteroatoms. The van der Waals surface area contributed by atoms with Crippen LogP contribution in [-0.4, -0.2) is 28.8 Å². The molecule has 142 valence electrons. The van der Waals surface area contributed by atoms with Gasteiger partial charge in [0.2, 0.25) is 4.96 Å². The summed E-state index contributed by atoms with van der Waals surface area (Å²) in [5, 5.41) is 6.20. The Hall–Kier alpha value is -3.04. The molecule has 28 heavy (non-hydrogen) atoms. The quantitative estimate of drug-likeness (QED) is 0.496. The van der Waals surface area contributed by atoms with Crippen molar-refractivity contribution in [2.24, 2.45) is 0 Å². The van der Waals surface area contributed by atoms with Crippen molar-refractivity contribution in [3.8, 4) is 11.5 Å². The minimum absolute atomic E-state index is 0.197. The van der Waals surface area contributed by atoms with Gasteiger partial charge in [-0.15, -0.1) is 11.3 Å². The first-order valence-electron chi connectivity index (χ1n) is 8.28. The van der Waals surface area contributed by atoms with Gasteiger partial charge in [0, 0.05) is 11.3 Å². The standard InChI is InChI=1S/C19H15N3O4S2/c1-25-14-6-5-11(9-15(14)26-2)8-13-17(23)20-19-22(21-13)18(24)16(28-19)10-12-4-3-7-27-12/h3-7,9-10H,8H2,1-2H3. The summed E-state index contributed by atoms with van der Waals surface area (Å²) in [6.07, 6.45) is 2.01. The number of hydrogen-bond donors (Lipinski definition) is 0. The zero-order valence-corrected chi connectivity index (χ0v) is 16.7. The average molecular weight is 413 g/mol. The molecule has 4 aromatic rings. The first kappa shape index (κ1) is 18.3. The van der Waals surface area contributed by atoms with Crippen LogP contribution in [-0.2, 0) is 6.42 Å². The van der Waals surface area contributed by atoms with E-state index in [2.05, 4.69) is 10.1 Å².